The molecular formula is C18H22N4O3. The first-order valence-electron chi connectivity index (χ1n) is 8.18. The normalized spacial score (nSPS) is 19.8. The van der Waals surface area contributed by atoms with Crippen LogP contribution in [-0.4, -0.2) is 52.7 Å². The zero-order valence-electron chi connectivity index (χ0n) is 14.6. The number of aliphatic hydroxyl groups is 1. The second-order valence-corrected chi connectivity index (χ2v) is 6.11. The summed E-state index contributed by atoms with van der Waals surface area (Å²) in [6.07, 6.45) is -0.0751. The van der Waals surface area contributed by atoms with Crippen molar-refractivity contribution in [2.24, 2.45) is 0 Å². The number of nitrogens with zero attached hydrogens (tertiary/aromatic N) is 3. The van der Waals surface area contributed by atoms with Crippen LogP contribution in [0.2, 0.25) is 0 Å². The summed E-state index contributed by atoms with van der Waals surface area (Å²) < 4.78 is 5.27. The predicted molar refractivity (Wildman–Crippen MR) is 93.7 cm³/mol. The first-order chi connectivity index (χ1) is 12.0. The van der Waals surface area contributed by atoms with Crippen molar-refractivity contribution in [1.82, 2.24) is 14.9 Å². The predicted octanol–water partition coefficient (Wildman–Crippen LogP) is 1.78. The molecule has 0 aliphatic carbocycles. The summed E-state index contributed by atoms with van der Waals surface area (Å²) in [5.41, 5.74) is 1.96. The van der Waals surface area contributed by atoms with Crippen molar-refractivity contribution in [2.75, 3.05) is 26.0 Å². The van der Waals surface area contributed by atoms with Crippen molar-refractivity contribution in [3.63, 3.8) is 0 Å². The van der Waals surface area contributed by atoms with E-state index in [0.717, 1.165) is 11.3 Å². The van der Waals surface area contributed by atoms with E-state index in [9.17, 15) is 9.90 Å². The maximum Gasteiger partial charge on any atom is 0.273 e. The number of aryl methyl sites for hydroxylation is 1. The Labute approximate surface area is 146 Å². The number of likely N-dealkylation sites (tertiary alicyclic amines) is 1. The van der Waals surface area contributed by atoms with Crippen molar-refractivity contribution in [3.05, 3.63) is 47.3 Å². The van der Waals surface area contributed by atoms with Crippen molar-refractivity contribution < 1.29 is 14.6 Å². The van der Waals surface area contributed by atoms with Crippen molar-refractivity contribution in [1.29, 1.82) is 0 Å². The lowest BCUT2D eigenvalue weighted by molar-refractivity contribution is 0.0709. The molecular weight excluding hydrogens is 320 g/mol. The minimum absolute atomic E-state index is 0.216. The molecule has 7 heteroatoms. The molecule has 1 saturated heterocycles. The average molecular weight is 342 g/mol. The van der Waals surface area contributed by atoms with E-state index in [2.05, 4.69) is 15.3 Å². The third-order valence-corrected chi connectivity index (χ3v) is 4.32. The van der Waals surface area contributed by atoms with E-state index in [1.165, 1.54) is 0 Å². The Bertz CT molecular complexity index is 781. The highest BCUT2D eigenvalue weighted by Crippen LogP contribution is 2.34. The molecule has 25 heavy (non-hydrogen) atoms. The van der Waals surface area contributed by atoms with Crippen LogP contribution < -0.4 is 10.1 Å². The molecule has 1 aromatic carbocycles. The number of methoxy groups -OCH3 is 1. The lowest BCUT2D eigenvalue weighted by Crippen LogP contribution is -2.32. The van der Waals surface area contributed by atoms with E-state index in [1.807, 2.05) is 31.2 Å². The molecule has 0 saturated carbocycles. The van der Waals surface area contributed by atoms with Gasteiger partial charge in [0, 0.05) is 19.3 Å². The Kier molecular flexibility index (Phi) is 4.85. The molecule has 2 unspecified atom stereocenters. The topological polar surface area (TPSA) is 87.6 Å². The van der Waals surface area contributed by atoms with Crippen LogP contribution in [0.4, 0.5) is 5.95 Å². The van der Waals surface area contributed by atoms with E-state index < -0.39 is 6.10 Å². The molecule has 2 aromatic rings. The number of benzene rings is 1. The van der Waals surface area contributed by atoms with Crippen LogP contribution in [0.1, 0.15) is 34.2 Å². The summed E-state index contributed by atoms with van der Waals surface area (Å²) in [6.45, 7) is 2.09. The van der Waals surface area contributed by atoms with Crippen LogP contribution in [0.3, 0.4) is 0 Å². The minimum atomic E-state index is -0.563. The van der Waals surface area contributed by atoms with Gasteiger partial charge in [-0.25, -0.2) is 9.97 Å². The molecule has 7 nitrogen and oxygen atoms in total. The monoisotopic (exact) mass is 342 g/mol. The molecule has 1 aromatic heterocycles. The quantitative estimate of drug-likeness (QED) is 0.881. The molecule has 2 atom stereocenters. The van der Waals surface area contributed by atoms with Gasteiger partial charge in [-0.2, -0.15) is 0 Å². The fraction of sp³-hybridized carbons (Fsp3) is 0.389. The lowest BCUT2D eigenvalue weighted by Gasteiger charge is -2.25. The second-order valence-electron chi connectivity index (χ2n) is 6.11. The van der Waals surface area contributed by atoms with Gasteiger partial charge in [-0.15, -0.1) is 0 Å². The number of ether oxygens (including phenoxy) is 1. The number of aliphatic hydroxyl groups excluding tert-OH is 1. The van der Waals surface area contributed by atoms with Gasteiger partial charge >= 0.3 is 0 Å². The molecule has 1 fully saturated rings. The molecule has 0 radical (unpaired) electrons. The fourth-order valence-electron chi connectivity index (χ4n) is 3.14. The van der Waals surface area contributed by atoms with E-state index in [0.29, 0.717) is 23.8 Å². The van der Waals surface area contributed by atoms with E-state index in [4.69, 9.17) is 4.74 Å². The third-order valence-electron chi connectivity index (χ3n) is 4.32. The highest BCUT2D eigenvalue weighted by Gasteiger charge is 2.36. The van der Waals surface area contributed by atoms with Crippen LogP contribution in [0, 0.1) is 6.92 Å². The van der Waals surface area contributed by atoms with Gasteiger partial charge in [-0.3, -0.25) is 4.79 Å². The SMILES string of the molecule is CNc1nc(C)cc(C(=O)N2CC(O)CC2c2cccc(OC)c2)n1. The molecule has 1 amide bonds. The largest absolute Gasteiger partial charge is 0.497 e. The van der Waals surface area contributed by atoms with Crippen LogP contribution in [0.5, 0.6) is 5.75 Å². The van der Waals surface area contributed by atoms with Crippen LogP contribution >= 0.6 is 0 Å². The van der Waals surface area contributed by atoms with Gasteiger partial charge < -0.3 is 20.1 Å². The van der Waals surface area contributed by atoms with E-state index in [-0.39, 0.29) is 18.5 Å². The molecule has 1 aliphatic heterocycles. The fourth-order valence-corrected chi connectivity index (χ4v) is 3.14. The van der Waals surface area contributed by atoms with Gasteiger partial charge in [-0.05, 0) is 37.1 Å². The number of aromatic nitrogens is 2. The molecule has 2 N–H and O–H groups in total. The smallest absolute Gasteiger partial charge is 0.273 e. The van der Waals surface area contributed by atoms with Crippen molar-refractivity contribution >= 4 is 11.9 Å². The highest BCUT2D eigenvalue weighted by molar-refractivity contribution is 5.93. The lowest BCUT2D eigenvalue weighted by atomic mass is 10.0. The molecule has 0 spiro atoms. The molecule has 132 valence electrons. The Balaban J connectivity index is 1.93. The molecule has 2 heterocycles. The Hall–Kier alpha value is -2.67. The second kappa shape index (κ2) is 7.06. The van der Waals surface area contributed by atoms with Crippen molar-refractivity contribution in [2.45, 2.75) is 25.5 Å². The molecule has 0 bridgehead atoms. The number of anilines is 1. The first kappa shape index (κ1) is 17.2. The van der Waals surface area contributed by atoms with E-state index in [1.54, 1.807) is 25.1 Å². The summed E-state index contributed by atoms with van der Waals surface area (Å²) in [7, 11) is 3.32. The number of β-amino-alcohol motifs (C(OH)–C–C–N with tert-alkyl or cyclic N) is 1. The first-order valence-corrected chi connectivity index (χ1v) is 8.18. The average Bonchev–Trinajstić information content (AvgIpc) is 3.02. The minimum Gasteiger partial charge on any atom is -0.497 e. The number of nitrogens with one attached hydrogen (secondary N) is 1. The third kappa shape index (κ3) is 3.56. The van der Waals surface area contributed by atoms with E-state index >= 15 is 0 Å². The maximum atomic E-state index is 13.0. The van der Waals surface area contributed by atoms with Crippen LogP contribution in [0.15, 0.2) is 30.3 Å². The van der Waals surface area contributed by atoms with Gasteiger partial charge in [0.05, 0.1) is 19.3 Å². The number of carbonyl (C=O) groups excluding carboxylic acids is 1. The standard InChI is InChI=1S/C18H22N4O3/c1-11-7-15(21-18(19-2)20-11)17(24)22-10-13(23)9-16(22)12-5-4-6-14(8-12)25-3/h4-8,13,16,23H,9-10H2,1-3H3,(H,19,20,21). The molecule has 3 rings (SSSR count). The number of carbonyl (C=O) groups is 1. The zero-order chi connectivity index (χ0) is 18.0. The highest BCUT2D eigenvalue weighted by atomic mass is 16.5. The summed E-state index contributed by atoms with van der Waals surface area (Å²) in [6, 6.07) is 9.02. The summed E-state index contributed by atoms with van der Waals surface area (Å²) in [4.78, 5) is 23.2. The number of rotatable bonds is 4. The van der Waals surface area contributed by atoms with Crippen molar-refractivity contribution in [3.8, 4) is 5.75 Å². The zero-order valence-corrected chi connectivity index (χ0v) is 14.6. The summed E-state index contributed by atoms with van der Waals surface area (Å²) in [5, 5.41) is 13.0. The van der Waals surface area contributed by atoms with Gasteiger partial charge in [0.15, 0.2) is 0 Å². The van der Waals surface area contributed by atoms with Gasteiger partial charge in [-0.1, -0.05) is 12.1 Å². The number of amides is 1. The Morgan fingerprint density at radius 1 is 1.36 bits per heavy atom. The molecule has 1 aliphatic rings. The van der Waals surface area contributed by atoms with Gasteiger partial charge in [0.25, 0.3) is 5.91 Å². The van der Waals surface area contributed by atoms with Gasteiger partial charge in [0.1, 0.15) is 11.4 Å². The number of hydrogen-bond donors (Lipinski definition) is 2. The van der Waals surface area contributed by atoms with Crippen LogP contribution in [0.25, 0.3) is 0 Å². The number of hydrogen-bond acceptors (Lipinski definition) is 6. The Morgan fingerprint density at radius 2 is 2.16 bits per heavy atom. The Morgan fingerprint density at radius 3 is 2.88 bits per heavy atom. The summed E-state index contributed by atoms with van der Waals surface area (Å²) >= 11 is 0. The summed E-state index contributed by atoms with van der Waals surface area (Å²) in [5.74, 6) is 0.911. The van der Waals surface area contributed by atoms with Crippen LogP contribution in [-0.2, 0) is 0 Å². The van der Waals surface area contributed by atoms with Gasteiger partial charge in [0.2, 0.25) is 5.95 Å². The maximum absolute atomic E-state index is 13.0.